The van der Waals surface area contributed by atoms with E-state index in [9.17, 15) is 4.79 Å². The van der Waals surface area contributed by atoms with Crippen molar-refractivity contribution in [2.75, 3.05) is 5.32 Å². The van der Waals surface area contributed by atoms with Gasteiger partial charge in [-0.25, -0.2) is 4.68 Å². The van der Waals surface area contributed by atoms with E-state index in [1.807, 2.05) is 12.1 Å². The van der Waals surface area contributed by atoms with Gasteiger partial charge < -0.3 is 5.32 Å². The first-order valence-corrected chi connectivity index (χ1v) is 7.07. The normalized spacial score (nSPS) is 14.2. The molecular formula is C16H16N4O. The molecule has 0 amide bonds. The maximum atomic E-state index is 12.1. The summed E-state index contributed by atoms with van der Waals surface area (Å²) in [6.07, 6.45) is 5.27. The smallest absolute Gasteiger partial charge is 0.269 e. The van der Waals surface area contributed by atoms with Crippen molar-refractivity contribution in [3.8, 4) is 6.07 Å². The third-order valence-corrected chi connectivity index (χ3v) is 3.76. The van der Waals surface area contributed by atoms with E-state index in [1.54, 1.807) is 24.4 Å². The van der Waals surface area contributed by atoms with Gasteiger partial charge in [-0.3, -0.25) is 4.79 Å². The number of aromatic nitrogens is 2. The van der Waals surface area contributed by atoms with Crippen LogP contribution in [0.15, 0.2) is 41.3 Å². The molecule has 0 spiro atoms. The molecule has 5 nitrogen and oxygen atoms in total. The SMILES string of the molecule is N#Cc1ccc(Cn2ncc(NC3CCC3)cc2=O)cc1. The Labute approximate surface area is 122 Å². The molecular weight excluding hydrogens is 264 g/mol. The van der Waals surface area contributed by atoms with Crippen molar-refractivity contribution in [1.29, 1.82) is 5.26 Å². The van der Waals surface area contributed by atoms with Crippen LogP contribution in [0.4, 0.5) is 5.69 Å². The Kier molecular flexibility index (Phi) is 3.69. The first-order chi connectivity index (χ1) is 10.2. The van der Waals surface area contributed by atoms with Gasteiger partial charge in [0.1, 0.15) is 0 Å². The van der Waals surface area contributed by atoms with E-state index >= 15 is 0 Å². The van der Waals surface area contributed by atoms with E-state index in [0.717, 1.165) is 24.1 Å². The summed E-state index contributed by atoms with van der Waals surface area (Å²) >= 11 is 0. The van der Waals surface area contributed by atoms with Gasteiger partial charge in [-0.1, -0.05) is 12.1 Å². The van der Waals surface area contributed by atoms with Crippen molar-refractivity contribution in [3.05, 3.63) is 58.0 Å². The lowest BCUT2D eigenvalue weighted by molar-refractivity contribution is 0.445. The Morgan fingerprint density at radius 2 is 2.10 bits per heavy atom. The molecule has 21 heavy (non-hydrogen) atoms. The number of nitrogens with one attached hydrogen (secondary N) is 1. The van der Waals surface area contributed by atoms with Gasteiger partial charge in [-0.2, -0.15) is 10.4 Å². The van der Waals surface area contributed by atoms with Gasteiger partial charge in [0, 0.05) is 12.1 Å². The monoisotopic (exact) mass is 280 g/mol. The Balaban J connectivity index is 1.72. The summed E-state index contributed by atoms with van der Waals surface area (Å²) < 4.78 is 1.42. The average molecular weight is 280 g/mol. The Bertz CT molecular complexity index is 723. The van der Waals surface area contributed by atoms with Gasteiger partial charge in [-0.15, -0.1) is 0 Å². The lowest BCUT2D eigenvalue weighted by Gasteiger charge is -2.27. The van der Waals surface area contributed by atoms with Crippen molar-refractivity contribution < 1.29 is 0 Å². The maximum Gasteiger partial charge on any atom is 0.269 e. The molecule has 1 aliphatic rings. The zero-order chi connectivity index (χ0) is 14.7. The van der Waals surface area contributed by atoms with Gasteiger partial charge >= 0.3 is 0 Å². The third-order valence-electron chi connectivity index (χ3n) is 3.76. The molecule has 0 atom stereocenters. The maximum absolute atomic E-state index is 12.1. The Morgan fingerprint density at radius 1 is 1.33 bits per heavy atom. The number of hydrogen-bond donors (Lipinski definition) is 1. The van der Waals surface area contributed by atoms with Crippen LogP contribution in [0.25, 0.3) is 0 Å². The largest absolute Gasteiger partial charge is 0.381 e. The van der Waals surface area contributed by atoms with Crippen molar-refractivity contribution in [2.45, 2.75) is 31.8 Å². The molecule has 0 saturated heterocycles. The highest BCUT2D eigenvalue weighted by Crippen LogP contribution is 2.22. The minimum absolute atomic E-state index is 0.122. The van der Waals surface area contributed by atoms with E-state index < -0.39 is 0 Å². The first-order valence-electron chi connectivity index (χ1n) is 7.07. The Morgan fingerprint density at radius 3 is 2.67 bits per heavy atom. The average Bonchev–Trinajstić information content (AvgIpc) is 2.46. The summed E-state index contributed by atoms with van der Waals surface area (Å²) in [6, 6.07) is 11.3. The molecule has 1 aromatic carbocycles. The van der Waals surface area contributed by atoms with E-state index in [0.29, 0.717) is 18.2 Å². The van der Waals surface area contributed by atoms with Crippen molar-refractivity contribution in [1.82, 2.24) is 9.78 Å². The number of nitriles is 1. The fourth-order valence-corrected chi connectivity index (χ4v) is 2.28. The minimum atomic E-state index is -0.122. The molecule has 5 heteroatoms. The van der Waals surface area contributed by atoms with Gasteiger partial charge in [0.2, 0.25) is 0 Å². The summed E-state index contributed by atoms with van der Waals surface area (Å²) in [5, 5.41) is 16.3. The standard InChI is InChI=1S/C16H16N4O/c17-9-12-4-6-13(7-5-12)11-20-16(21)8-15(10-18-20)19-14-2-1-3-14/h4-8,10,14,19H,1-3,11H2. The fraction of sp³-hybridized carbons (Fsp3) is 0.312. The highest BCUT2D eigenvalue weighted by atomic mass is 16.1. The molecule has 1 saturated carbocycles. The predicted molar refractivity (Wildman–Crippen MR) is 80.0 cm³/mol. The molecule has 1 heterocycles. The quantitative estimate of drug-likeness (QED) is 0.931. The van der Waals surface area contributed by atoms with Crippen molar-refractivity contribution >= 4 is 5.69 Å². The fourth-order valence-electron chi connectivity index (χ4n) is 2.28. The van der Waals surface area contributed by atoms with Crippen molar-refractivity contribution in [3.63, 3.8) is 0 Å². The van der Waals surface area contributed by atoms with Crippen LogP contribution in [0.5, 0.6) is 0 Å². The number of rotatable bonds is 4. The zero-order valence-electron chi connectivity index (χ0n) is 11.6. The molecule has 0 bridgehead atoms. The molecule has 3 rings (SSSR count). The van der Waals surface area contributed by atoms with Gasteiger partial charge in [-0.05, 0) is 37.0 Å². The minimum Gasteiger partial charge on any atom is -0.381 e. The molecule has 1 aliphatic carbocycles. The van der Waals surface area contributed by atoms with Crippen LogP contribution in [-0.4, -0.2) is 15.8 Å². The molecule has 1 fully saturated rings. The van der Waals surface area contributed by atoms with Crippen LogP contribution in [0.2, 0.25) is 0 Å². The van der Waals surface area contributed by atoms with Gasteiger partial charge in [0.05, 0.1) is 30.1 Å². The van der Waals surface area contributed by atoms with Crippen LogP contribution in [0, 0.1) is 11.3 Å². The van der Waals surface area contributed by atoms with E-state index in [-0.39, 0.29) is 5.56 Å². The highest BCUT2D eigenvalue weighted by molar-refractivity contribution is 5.40. The van der Waals surface area contributed by atoms with Gasteiger partial charge in [0.15, 0.2) is 0 Å². The van der Waals surface area contributed by atoms with E-state index in [2.05, 4.69) is 16.5 Å². The summed E-state index contributed by atoms with van der Waals surface area (Å²) in [4.78, 5) is 12.1. The Hall–Kier alpha value is -2.61. The lowest BCUT2D eigenvalue weighted by atomic mass is 9.93. The van der Waals surface area contributed by atoms with Crippen LogP contribution in [0.3, 0.4) is 0 Å². The van der Waals surface area contributed by atoms with Crippen LogP contribution in [0.1, 0.15) is 30.4 Å². The predicted octanol–water partition coefficient (Wildman–Crippen LogP) is 2.13. The number of hydrogen-bond acceptors (Lipinski definition) is 4. The summed E-state index contributed by atoms with van der Waals surface area (Å²) in [5.41, 5.74) is 2.23. The van der Waals surface area contributed by atoms with Crippen LogP contribution < -0.4 is 10.9 Å². The molecule has 0 unspecified atom stereocenters. The third kappa shape index (κ3) is 3.11. The second kappa shape index (κ2) is 5.80. The van der Waals surface area contributed by atoms with Crippen molar-refractivity contribution in [2.24, 2.45) is 0 Å². The molecule has 0 aliphatic heterocycles. The number of anilines is 1. The first kappa shape index (κ1) is 13.4. The lowest BCUT2D eigenvalue weighted by Crippen LogP contribution is -2.29. The summed E-state index contributed by atoms with van der Waals surface area (Å²) in [7, 11) is 0. The summed E-state index contributed by atoms with van der Waals surface area (Å²) in [5.74, 6) is 0. The number of nitrogens with zero attached hydrogens (tertiary/aromatic N) is 3. The molecule has 0 radical (unpaired) electrons. The van der Waals surface area contributed by atoms with E-state index in [1.165, 1.54) is 11.1 Å². The molecule has 2 aromatic rings. The highest BCUT2D eigenvalue weighted by Gasteiger charge is 2.17. The van der Waals surface area contributed by atoms with E-state index in [4.69, 9.17) is 5.26 Å². The number of benzene rings is 1. The summed E-state index contributed by atoms with van der Waals surface area (Å²) in [6.45, 7) is 0.411. The topological polar surface area (TPSA) is 70.7 Å². The molecule has 106 valence electrons. The second-order valence-electron chi connectivity index (χ2n) is 5.32. The molecule has 1 aromatic heterocycles. The van der Waals surface area contributed by atoms with Crippen LogP contribution in [-0.2, 0) is 6.54 Å². The zero-order valence-corrected chi connectivity index (χ0v) is 11.6. The molecule has 1 N–H and O–H groups in total. The second-order valence-corrected chi connectivity index (χ2v) is 5.32. The van der Waals surface area contributed by atoms with Gasteiger partial charge in [0.25, 0.3) is 5.56 Å². The van der Waals surface area contributed by atoms with Crippen LogP contribution >= 0.6 is 0 Å².